The first-order valence-corrected chi connectivity index (χ1v) is 1.38. The fourth-order valence-corrected chi connectivity index (χ4v) is 0.186. The highest BCUT2D eigenvalue weighted by atomic mass is 16.6. The lowest BCUT2D eigenvalue weighted by atomic mass is 10.7. The van der Waals surface area contributed by atoms with Gasteiger partial charge in [-0.15, -0.1) is 0 Å². The van der Waals surface area contributed by atoms with Crippen LogP contribution in [0.25, 0.3) is 0 Å². The molecule has 0 aromatic heterocycles. The average Bonchev–Trinajstić information content (AvgIpc) is 1.76. The Kier molecular flexibility index (Phi) is 0.588. The molecule has 5 heavy (non-hydrogen) atoms. The number of hydrogen-bond acceptors (Lipinski definition) is 1. The van der Waals surface area contributed by atoms with Gasteiger partial charge in [-0.1, -0.05) is 0 Å². The molecule has 1 aliphatic rings. The number of hydroxylamine groups is 1. The summed E-state index contributed by atoms with van der Waals surface area (Å²) in [6, 6.07) is 0. The Bertz CT molecular complexity index is 44.9. The lowest BCUT2D eigenvalue weighted by molar-refractivity contribution is 0.158. The van der Waals surface area contributed by atoms with Crippen molar-refractivity contribution in [2.75, 3.05) is 6.54 Å². The maximum atomic E-state index is 4.33. The van der Waals surface area contributed by atoms with E-state index in [0.29, 0.717) is 6.54 Å². The Labute approximate surface area is 30.4 Å². The summed E-state index contributed by atoms with van der Waals surface area (Å²) in [5, 5.41) is 0. The summed E-state index contributed by atoms with van der Waals surface area (Å²) in [6.07, 6.45) is 4.15. The standard InChI is InChI=1S/C3H3NO/c1-2-4-5-3-1/h3H,2H2. The van der Waals surface area contributed by atoms with Gasteiger partial charge in [0.25, 0.3) is 0 Å². The van der Waals surface area contributed by atoms with Gasteiger partial charge in [0.15, 0.2) is 0 Å². The van der Waals surface area contributed by atoms with Crippen LogP contribution < -0.4 is 5.48 Å². The van der Waals surface area contributed by atoms with Crippen molar-refractivity contribution in [3.8, 4) is 0 Å². The number of hydrogen-bond donors (Lipinski definition) is 0. The lowest BCUT2D eigenvalue weighted by Crippen LogP contribution is -1.91. The van der Waals surface area contributed by atoms with Gasteiger partial charge in [0.05, 0.1) is 6.54 Å². The van der Waals surface area contributed by atoms with Crippen molar-refractivity contribution in [2.24, 2.45) is 0 Å². The van der Waals surface area contributed by atoms with E-state index >= 15 is 0 Å². The smallest absolute Gasteiger partial charge is 0.118 e. The highest BCUT2D eigenvalue weighted by Crippen LogP contribution is 1.79. The van der Waals surface area contributed by atoms with E-state index in [1.807, 2.05) is 0 Å². The zero-order valence-corrected chi connectivity index (χ0v) is 2.64. The molecule has 1 heterocycles. The summed E-state index contributed by atoms with van der Waals surface area (Å²) in [6.45, 7) is 0.597. The van der Waals surface area contributed by atoms with Crippen molar-refractivity contribution < 1.29 is 4.84 Å². The van der Waals surface area contributed by atoms with Gasteiger partial charge in [0.2, 0.25) is 0 Å². The van der Waals surface area contributed by atoms with Crippen molar-refractivity contribution in [3.05, 3.63) is 12.3 Å². The van der Waals surface area contributed by atoms with Gasteiger partial charge in [-0.3, -0.25) is 0 Å². The van der Waals surface area contributed by atoms with Gasteiger partial charge in [-0.05, 0) is 5.48 Å². The number of nitrogens with zero attached hydrogens (tertiary/aromatic N) is 1. The van der Waals surface area contributed by atoms with Crippen LogP contribution in [0.5, 0.6) is 0 Å². The fraction of sp³-hybridized carbons (Fsp3) is 0.333. The Morgan fingerprint density at radius 2 is 3.00 bits per heavy atom. The van der Waals surface area contributed by atoms with Crippen molar-refractivity contribution in [1.82, 2.24) is 5.48 Å². The van der Waals surface area contributed by atoms with Crippen molar-refractivity contribution in [1.29, 1.82) is 0 Å². The molecule has 2 radical (unpaired) electrons. The first-order valence-electron chi connectivity index (χ1n) is 1.38. The second kappa shape index (κ2) is 1.08. The van der Waals surface area contributed by atoms with Crippen LogP contribution in [-0.2, 0) is 4.84 Å². The van der Waals surface area contributed by atoms with Crippen LogP contribution >= 0.6 is 0 Å². The zero-order chi connectivity index (χ0) is 3.54. The van der Waals surface area contributed by atoms with Crippen molar-refractivity contribution in [3.63, 3.8) is 0 Å². The molecule has 0 bridgehead atoms. The first kappa shape index (κ1) is 2.72. The fourth-order valence-electron chi connectivity index (χ4n) is 0.186. The molecule has 1 rings (SSSR count). The Hall–Kier alpha value is -0.500. The minimum Gasteiger partial charge on any atom is -0.395 e. The van der Waals surface area contributed by atoms with Gasteiger partial charge < -0.3 is 4.84 Å². The molecule has 1 aliphatic heterocycles. The average molecular weight is 69.1 g/mol. The van der Waals surface area contributed by atoms with Crippen LogP contribution in [0.2, 0.25) is 0 Å². The third-order valence-electron chi connectivity index (χ3n) is 0.366. The van der Waals surface area contributed by atoms with Crippen LogP contribution in [0.4, 0.5) is 0 Å². The topological polar surface area (TPSA) is 23.3 Å². The van der Waals surface area contributed by atoms with E-state index in [2.05, 4.69) is 16.4 Å². The molecule has 0 N–H and O–H groups in total. The SMILES string of the molecule is [C]1=CO[N]C1. The van der Waals surface area contributed by atoms with E-state index in [-0.39, 0.29) is 0 Å². The first-order chi connectivity index (χ1) is 2.50. The van der Waals surface area contributed by atoms with E-state index in [1.165, 1.54) is 6.26 Å². The highest BCUT2D eigenvalue weighted by Gasteiger charge is 1.86. The molecular formula is C3H3NO. The minimum absolute atomic E-state index is 0.597. The molecule has 0 atom stereocenters. The predicted molar refractivity (Wildman–Crippen MR) is 15.9 cm³/mol. The third kappa shape index (κ3) is 0.389. The van der Waals surface area contributed by atoms with E-state index in [9.17, 15) is 0 Å². The Morgan fingerprint density at radius 1 is 2.00 bits per heavy atom. The molecule has 0 saturated heterocycles. The molecule has 0 spiro atoms. The monoisotopic (exact) mass is 69.0 g/mol. The van der Waals surface area contributed by atoms with Crippen LogP contribution in [0.15, 0.2) is 6.26 Å². The summed E-state index contributed by atoms with van der Waals surface area (Å²) < 4.78 is 0. The third-order valence-corrected chi connectivity index (χ3v) is 0.366. The molecule has 2 heteroatoms. The van der Waals surface area contributed by atoms with Crippen LogP contribution in [0.1, 0.15) is 0 Å². The molecule has 0 saturated carbocycles. The van der Waals surface area contributed by atoms with Gasteiger partial charge in [0.1, 0.15) is 6.26 Å². The molecule has 0 aromatic rings. The second-order valence-electron chi connectivity index (χ2n) is 0.715. The largest absolute Gasteiger partial charge is 0.395 e. The van der Waals surface area contributed by atoms with E-state index in [4.69, 9.17) is 0 Å². The van der Waals surface area contributed by atoms with Crippen LogP contribution in [0, 0.1) is 6.08 Å². The summed E-state index contributed by atoms with van der Waals surface area (Å²) in [5.74, 6) is 0. The number of rotatable bonds is 0. The molecule has 0 aliphatic carbocycles. The van der Waals surface area contributed by atoms with Crippen LogP contribution in [-0.4, -0.2) is 6.54 Å². The van der Waals surface area contributed by atoms with Crippen molar-refractivity contribution >= 4 is 0 Å². The molecular weight excluding hydrogens is 66.0 g/mol. The van der Waals surface area contributed by atoms with E-state index < -0.39 is 0 Å². The highest BCUT2D eigenvalue weighted by molar-refractivity contribution is 4.67. The quantitative estimate of drug-likeness (QED) is 0.388. The Balaban J connectivity index is 2.32. The summed E-state index contributed by atoms with van der Waals surface area (Å²) in [4.78, 5) is 4.33. The zero-order valence-electron chi connectivity index (χ0n) is 2.64. The molecule has 26 valence electrons. The maximum Gasteiger partial charge on any atom is 0.118 e. The molecule has 0 unspecified atom stereocenters. The van der Waals surface area contributed by atoms with Gasteiger partial charge in [-0.25, -0.2) is 0 Å². The second-order valence-corrected chi connectivity index (χ2v) is 0.715. The van der Waals surface area contributed by atoms with E-state index in [0.717, 1.165) is 0 Å². The summed E-state index contributed by atoms with van der Waals surface area (Å²) in [5.41, 5.74) is 3.42. The van der Waals surface area contributed by atoms with Gasteiger partial charge in [0, 0.05) is 6.08 Å². The van der Waals surface area contributed by atoms with Crippen LogP contribution in [0.3, 0.4) is 0 Å². The summed E-state index contributed by atoms with van der Waals surface area (Å²) >= 11 is 0. The lowest BCUT2D eigenvalue weighted by Gasteiger charge is -1.77. The van der Waals surface area contributed by atoms with Gasteiger partial charge >= 0.3 is 0 Å². The maximum absolute atomic E-state index is 4.33. The van der Waals surface area contributed by atoms with Crippen molar-refractivity contribution in [2.45, 2.75) is 0 Å². The molecule has 0 aromatic carbocycles. The van der Waals surface area contributed by atoms with E-state index in [1.54, 1.807) is 0 Å². The Morgan fingerprint density at radius 3 is 3.20 bits per heavy atom. The molecule has 0 amide bonds. The molecule has 2 nitrogen and oxygen atoms in total. The predicted octanol–water partition coefficient (Wildman–Crippen LogP) is -0.147. The molecule has 0 fully saturated rings. The summed E-state index contributed by atoms with van der Waals surface area (Å²) in [7, 11) is 0. The van der Waals surface area contributed by atoms with Gasteiger partial charge in [-0.2, -0.15) is 0 Å². The minimum atomic E-state index is 0.597. The normalized spacial score (nSPS) is 19.2.